The van der Waals surface area contributed by atoms with E-state index in [1.54, 1.807) is 6.07 Å². The summed E-state index contributed by atoms with van der Waals surface area (Å²) in [6, 6.07) is 7.30. The smallest absolute Gasteiger partial charge is 0.329 e. The second-order valence-corrected chi connectivity index (χ2v) is 5.15. The number of fused-ring (bicyclic) bond motifs is 1. The number of aromatic nitrogens is 2. The van der Waals surface area contributed by atoms with Crippen LogP contribution in [0.1, 0.15) is 36.3 Å². The predicted octanol–water partition coefficient (Wildman–Crippen LogP) is 1.69. The molecule has 1 aromatic heterocycles. The molecule has 6 nitrogen and oxygen atoms in total. The lowest BCUT2D eigenvalue weighted by Gasteiger charge is -2.24. The van der Waals surface area contributed by atoms with Gasteiger partial charge in [0.25, 0.3) is 5.91 Å². The number of H-pyrrole nitrogens is 1. The van der Waals surface area contributed by atoms with E-state index >= 15 is 0 Å². The van der Waals surface area contributed by atoms with Gasteiger partial charge in [-0.15, -0.1) is 0 Å². The molecule has 6 heteroatoms. The SMILES string of the molecule is O=C(NC1(C(=O)O)CCCC1)c1nc2ccccc2[nH]1. The molecule has 0 aliphatic heterocycles. The fourth-order valence-electron chi connectivity index (χ4n) is 2.71. The van der Waals surface area contributed by atoms with Crippen LogP contribution >= 0.6 is 0 Å². The van der Waals surface area contributed by atoms with E-state index in [-0.39, 0.29) is 5.82 Å². The Balaban J connectivity index is 1.87. The Kier molecular flexibility index (Phi) is 2.93. The number of carboxylic acids is 1. The quantitative estimate of drug-likeness (QED) is 0.793. The van der Waals surface area contributed by atoms with Crippen LogP contribution in [0.25, 0.3) is 11.0 Å². The third kappa shape index (κ3) is 2.03. The third-order valence-corrected chi connectivity index (χ3v) is 3.82. The minimum absolute atomic E-state index is 0.152. The topological polar surface area (TPSA) is 95.1 Å². The van der Waals surface area contributed by atoms with E-state index in [2.05, 4.69) is 15.3 Å². The van der Waals surface area contributed by atoms with Crippen molar-refractivity contribution in [3.8, 4) is 0 Å². The molecule has 1 aliphatic carbocycles. The summed E-state index contributed by atoms with van der Waals surface area (Å²) in [5, 5.41) is 12.0. The molecule has 20 heavy (non-hydrogen) atoms. The van der Waals surface area contributed by atoms with E-state index in [9.17, 15) is 14.7 Å². The number of benzene rings is 1. The normalized spacial score (nSPS) is 17.2. The number of amides is 1. The first-order valence-corrected chi connectivity index (χ1v) is 6.61. The van der Waals surface area contributed by atoms with Crippen molar-refractivity contribution < 1.29 is 14.7 Å². The van der Waals surface area contributed by atoms with E-state index < -0.39 is 17.4 Å². The molecule has 0 saturated heterocycles. The molecule has 1 heterocycles. The summed E-state index contributed by atoms with van der Waals surface area (Å²) >= 11 is 0. The molecule has 2 aromatic rings. The fraction of sp³-hybridized carbons (Fsp3) is 0.357. The average Bonchev–Trinajstić information content (AvgIpc) is 3.05. The van der Waals surface area contributed by atoms with Gasteiger partial charge in [0.1, 0.15) is 5.54 Å². The van der Waals surface area contributed by atoms with Gasteiger partial charge < -0.3 is 15.4 Å². The highest BCUT2D eigenvalue weighted by Gasteiger charge is 2.43. The van der Waals surface area contributed by atoms with Crippen molar-refractivity contribution in [1.82, 2.24) is 15.3 Å². The van der Waals surface area contributed by atoms with E-state index in [1.807, 2.05) is 18.2 Å². The second-order valence-electron chi connectivity index (χ2n) is 5.15. The van der Waals surface area contributed by atoms with Gasteiger partial charge in [-0.2, -0.15) is 0 Å². The van der Waals surface area contributed by atoms with Crippen LogP contribution in [-0.4, -0.2) is 32.5 Å². The van der Waals surface area contributed by atoms with Gasteiger partial charge in [0.15, 0.2) is 5.82 Å². The summed E-state index contributed by atoms with van der Waals surface area (Å²) in [5.41, 5.74) is 0.303. The van der Waals surface area contributed by atoms with Crippen LogP contribution in [0.4, 0.5) is 0 Å². The molecular formula is C14H15N3O3. The molecule has 0 unspecified atom stereocenters. The predicted molar refractivity (Wildman–Crippen MR) is 72.4 cm³/mol. The van der Waals surface area contributed by atoms with Crippen molar-refractivity contribution >= 4 is 22.9 Å². The van der Waals surface area contributed by atoms with Gasteiger partial charge in [-0.25, -0.2) is 9.78 Å². The number of aromatic amines is 1. The van der Waals surface area contributed by atoms with E-state index in [4.69, 9.17) is 0 Å². The van der Waals surface area contributed by atoms with Crippen molar-refractivity contribution in [3.63, 3.8) is 0 Å². The van der Waals surface area contributed by atoms with E-state index in [0.717, 1.165) is 18.4 Å². The third-order valence-electron chi connectivity index (χ3n) is 3.82. The van der Waals surface area contributed by atoms with Crippen molar-refractivity contribution in [1.29, 1.82) is 0 Å². The number of nitrogens with zero attached hydrogens (tertiary/aromatic N) is 1. The molecule has 104 valence electrons. The largest absolute Gasteiger partial charge is 0.480 e. The van der Waals surface area contributed by atoms with Gasteiger partial charge in [0.2, 0.25) is 0 Å². The molecule has 1 aromatic carbocycles. The number of carbonyl (C=O) groups is 2. The number of para-hydroxylation sites is 2. The Hall–Kier alpha value is -2.37. The molecule has 0 spiro atoms. The van der Waals surface area contributed by atoms with E-state index in [0.29, 0.717) is 18.4 Å². The van der Waals surface area contributed by atoms with Crippen LogP contribution in [0.3, 0.4) is 0 Å². The standard InChI is InChI=1S/C14H15N3O3/c18-12(17-14(13(19)20)7-3-4-8-14)11-15-9-5-1-2-6-10(9)16-11/h1-2,5-6H,3-4,7-8H2,(H,15,16)(H,17,18)(H,19,20). The highest BCUT2D eigenvalue weighted by molar-refractivity contribution is 5.97. The van der Waals surface area contributed by atoms with E-state index in [1.165, 1.54) is 0 Å². The van der Waals surface area contributed by atoms with Crippen LogP contribution in [0.5, 0.6) is 0 Å². The zero-order valence-corrected chi connectivity index (χ0v) is 10.8. The van der Waals surface area contributed by atoms with Gasteiger partial charge in [-0.05, 0) is 25.0 Å². The Bertz CT molecular complexity index is 638. The summed E-state index contributed by atoms with van der Waals surface area (Å²) in [5.74, 6) is -1.29. The molecule has 3 N–H and O–H groups in total. The number of carboxylic acid groups (broad SMARTS) is 1. The van der Waals surface area contributed by atoms with Gasteiger partial charge >= 0.3 is 5.97 Å². The lowest BCUT2D eigenvalue weighted by Crippen LogP contribution is -2.52. The Labute approximate surface area is 115 Å². The number of carbonyl (C=O) groups excluding carboxylic acids is 1. The van der Waals surface area contributed by atoms with Crippen LogP contribution in [0.2, 0.25) is 0 Å². The maximum atomic E-state index is 12.2. The zero-order chi connectivity index (χ0) is 14.2. The number of aliphatic carboxylic acids is 1. The first-order chi connectivity index (χ1) is 9.61. The maximum absolute atomic E-state index is 12.2. The van der Waals surface area contributed by atoms with Crippen molar-refractivity contribution in [2.45, 2.75) is 31.2 Å². The molecule has 0 radical (unpaired) electrons. The number of hydrogen-bond donors (Lipinski definition) is 3. The minimum Gasteiger partial charge on any atom is -0.480 e. The van der Waals surface area contributed by atoms with Gasteiger partial charge in [0, 0.05) is 0 Å². The van der Waals surface area contributed by atoms with Gasteiger partial charge in [-0.3, -0.25) is 4.79 Å². The molecule has 1 aliphatic rings. The highest BCUT2D eigenvalue weighted by atomic mass is 16.4. The van der Waals surface area contributed by atoms with Gasteiger partial charge in [-0.1, -0.05) is 25.0 Å². The Morgan fingerprint density at radius 3 is 2.60 bits per heavy atom. The molecule has 0 atom stereocenters. The van der Waals surface area contributed by atoms with Crippen LogP contribution in [0, 0.1) is 0 Å². The van der Waals surface area contributed by atoms with Crippen LogP contribution in [-0.2, 0) is 4.79 Å². The fourth-order valence-corrected chi connectivity index (χ4v) is 2.71. The van der Waals surface area contributed by atoms with Crippen LogP contribution in [0.15, 0.2) is 24.3 Å². The lowest BCUT2D eigenvalue weighted by molar-refractivity contribution is -0.144. The number of nitrogens with one attached hydrogen (secondary N) is 2. The summed E-state index contributed by atoms with van der Waals surface area (Å²) in [6.45, 7) is 0. The van der Waals surface area contributed by atoms with Gasteiger partial charge in [0.05, 0.1) is 11.0 Å². The van der Waals surface area contributed by atoms with Crippen molar-refractivity contribution in [2.24, 2.45) is 0 Å². The molecule has 1 fully saturated rings. The molecular weight excluding hydrogens is 258 g/mol. The maximum Gasteiger partial charge on any atom is 0.329 e. The number of rotatable bonds is 3. The molecule has 0 bridgehead atoms. The van der Waals surface area contributed by atoms with Crippen molar-refractivity contribution in [2.75, 3.05) is 0 Å². The monoisotopic (exact) mass is 273 g/mol. The Morgan fingerprint density at radius 1 is 1.25 bits per heavy atom. The number of hydrogen-bond acceptors (Lipinski definition) is 3. The summed E-state index contributed by atoms with van der Waals surface area (Å²) < 4.78 is 0. The first kappa shape index (κ1) is 12.7. The highest BCUT2D eigenvalue weighted by Crippen LogP contribution is 2.30. The van der Waals surface area contributed by atoms with Crippen molar-refractivity contribution in [3.05, 3.63) is 30.1 Å². The summed E-state index contributed by atoms with van der Waals surface area (Å²) in [7, 11) is 0. The first-order valence-electron chi connectivity index (χ1n) is 6.61. The zero-order valence-electron chi connectivity index (χ0n) is 10.8. The molecule has 1 amide bonds. The average molecular weight is 273 g/mol. The summed E-state index contributed by atoms with van der Waals surface area (Å²) in [6.07, 6.45) is 2.56. The molecule has 1 saturated carbocycles. The number of imidazole rings is 1. The minimum atomic E-state index is -1.14. The Morgan fingerprint density at radius 2 is 1.95 bits per heavy atom. The molecule has 3 rings (SSSR count). The second kappa shape index (κ2) is 4.63. The summed E-state index contributed by atoms with van der Waals surface area (Å²) in [4.78, 5) is 30.7. The van der Waals surface area contributed by atoms with Crippen LogP contribution < -0.4 is 5.32 Å². The lowest BCUT2D eigenvalue weighted by atomic mass is 9.98.